The molecule has 1 fully saturated rings. The summed E-state index contributed by atoms with van der Waals surface area (Å²) in [5.74, 6) is 0.568. The molecule has 0 atom stereocenters. The number of ketones is 2. The Hall–Kier alpha value is -6.51. The standard InChI is InChI=1S/C28H32N6O6.C10H13N3O5/c1-18-16-34(32-31-18)13-14-39-17-19(35)3-4-20-5-7-23(40-20)21-6-8-24(38-2)25-22(15-30-26(21)25)27(36)28(37)33-11-9-29-10-12-33;1-2-18-6-5-11-9-4-3-8(12(14)15)7-10(9)13(16)17/h5-8,15-16,29-30H,3-4,9-14,17H2,1-2H3;3-4,7,11H,2,5-6H2,1H3. The number of nitro benzene ring substituents is 2. The number of aryl methyl sites for hydroxylation is 2. The summed E-state index contributed by atoms with van der Waals surface area (Å²) in [5, 5.41) is 35.7. The number of nitrogens with zero attached hydrogens (tertiary/aromatic N) is 6. The average molecular weight is 804 g/mol. The quantitative estimate of drug-likeness (QED) is 0.0349. The lowest BCUT2D eigenvalue weighted by molar-refractivity contribution is -0.393. The molecule has 0 radical (unpaired) electrons. The van der Waals surface area contributed by atoms with Gasteiger partial charge in [0.1, 0.15) is 29.6 Å². The number of hydrogen-bond acceptors (Lipinski definition) is 15. The maximum Gasteiger partial charge on any atom is 0.299 e. The van der Waals surface area contributed by atoms with E-state index in [1.54, 1.807) is 21.8 Å². The normalized spacial score (nSPS) is 12.5. The van der Waals surface area contributed by atoms with E-state index in [1.165, 1.54) is 19.2 Å². The third-order valence-corrected chi connectivity index (χ3v) is 8.97. The van der Waals surface area contributed by atoms with Crippen molar-refractivity contribution in [1.82, 2.24) is 30.2 Å². The number of methoxy groups -OCH3 is 1. The number of piperazine rings is 1. The summed E-state index contributed by atoms with van der Waals surface area (Å²) >= 11 is 0. The minimum absolute atomic E-state index is 0.0201. The van der Waals surface area contributed by atoms with Crippen LogP contribution in [0.25, 0.3) is 22.2 Å². The number of H-pyrrole nitrogens is 1. The van der Waals surface area contributed by atoms with Gasteiger partial charge >= 0.3 is 0 Å². The van der Waals surface area contributed by atoms with E-state index in [4.69, 9.17) is 18.6 Å². The summed E-state index contributed by atoms with van der Waals surface area (Å²) in [6.07, 6.45) is 4.07. The minimum Gasteiger partial charge on any atom is -0.496 e. The van der Waals surface area contributed by atoms with E-state index in [9.17, 15) is 34.6 Å². The van der Waals surface area contributed by atoms with Crippen molar-refractivity contribution in [1.29, 1.82) is 0 Å². The molecule has 0 spiro atoms. The van der Waals surface area contributed by atoms with Crippen molar-refractivity contribution in [2.24, 2.45) is 0 Å². The third-order valence-electron chi connectivity index (χ3n) is 8.97. The Morgan fingerprint density at radius 1 is 1.02 bits per heavy atom. The van der Waals surface area contributed by atoms with Gasteiger partial charge in [0.25, 0.3) is 23.1 Å². The molecule has 1 amide bonds. The summed E-state index contributed by atoms with van der Waals surface area (Å²) in [4.78, 5) is 63.1. The first-order chi connectivity index (χ1) is 28.0. The molecule has 1 aliphatic rings. The number of hydrogen-bond donors (Lipinski definition) is 3. The number of nitrogens with one attached hydrogen (secondary N) is 3. The molecule has 4 heterocycles. The summed E-state index contributed by atoms with van der Waals surface area (Å²) in [6, 6.07) is 10.7. The smallest absolute Gasteiger partial charge is 0.299 e. The van der Waals surface area contributed by atoms with Crippen LogP contribution in [0.2, 0.25) is 0 Å². The van der Waals surface area contributed by atoms with Gasteiger partial charge in [-0.2, -0.15) is 0 Å². The van der Waals surface area contributed by atoms with Crippen LogP contribution in [0.1, 0.15) is 35.2 Å². The molecule has 5 aromatic rings. The fourth-order valence-corrected chi connectivity index (χ4v) is 6.08. The lowest BCUT2D eigenvalue weighted by atomic mass is 10.0. The number of rotatable bonds is 19. The van der Waals surface area contributed by atoms with Crippen LogP contribution < -0.4 is 15.4 Å². The second-order valence-electron chi connectivity index (χ2n) is 13.0. The lowest BCUT2D eigenvalue weighted by Crippen LogP contribution is -2.48. The number of carbonyl (C=O) groups is 3. The Labute approximate surface area is 332 Å². The highest BCUT2D eigenvalue weighted by molar-refractivity contribution is 6.45. The monoisotopic (exact) mass is 803 g/mol. The highest BCUT2D eigenvalue weighted by Crippen LogP contribution is 2.37. The maximum absolute atomic E-state index is 13.2. The van der Waals surface area contributed by atoms with Crippen molar-refractivity contribution < 1.29 is 42.9 Å². The fraction of sp³-hybridized carbons (Fsp3) is 0.395. The van der Waals surface area contributed by atoms with Crippen molar-refractivity contribution in [3.63, 3.8) is 0 Å². The molecule has 2 aromatic carbocycles. The van der Waals surface area contributed by atoms with E-state index < -0.39 is 21.5 Å². The molecule has 1 saturated heterocycles. The number of benzene rings is 2. The van der Waals surface area contributed by atoms with Crippen LogP contribution in [-0.2, 0) is 32.0 Å². The second kappa shape index (κ2) is 20.6. The summed E-state index contributed by atoms with van der Waals surface area (Å²) in [6.45, 7) is 8.27. The zero-order chi connectivity index (χ0) is 41.6. The maximum atomic E-state index is 13.2. The number of aromatic amines is 1. The van der Waals surface area contributed by atoms with Gasteiger partial charge in [0.2, 0.25) is 0 Å². The van der Waals surface area contributed by atoms with E-state index >= 15 is 0 Å². The van der Waals surface area contributed by atoms with Crippen molar-refractivity contribution in [3.05, 3.63) is 92.1 Å². The number of amides is 1. The van der Waals surface area contributed by atoms with Gasteiger partial charge in [-0.25, -0.2) is 4.68 Å². The van der Waals surface area contributed by atoms with Crippen molar-refractivity contribution in [2.75, 3.05) is 71.6 Å². The van der Waals surface area contributed by atoms with Crippen LogP contribution in [0.5, 0.6) is 5.75 Å². The number of furan rings is 1. The summed E-state index contributed by atoms with van der Waals surface area (Å²) in [7, 11) is 1.52. The number of non-ortho nitro benzene ring substituents is 1. The number of nitro groups is 2. The Balaban J connectivity index is 0.000000299. The lowest BCUT2D eigenvalue weighted by Gasteiger charge is -2.26. The van der Waals surface area contributed by atoms with Crippen molar-refractivity contribution in [2.45, 2.75) is 33.2 Å². The zero-order valence-corrected chi connectivity index (χ0v) is 32.4. The molecule has 3 aromatic heterocycles. The van der Waals surface area contributed by atoms with Crippen LogP contribution >= 0.6 is 0 Å². The predicted octanol–water partition coefficient (Wildman–Crippen LogP) is 4.12. The molecule has 1 aliphatic heterocycles. The molecular formula is C38H45N9O11. The fourth-order valence-electron chi connectivity index (χ4n) is 6.08. The largest absolute Gasteiger partial charge is 0.496 e. The van der Waals surface area contributed by atoms with E-state index in [1.807, 2.05) is 38.2 Å². The van der Waals surface area contributed by atoms with E-state index in [0.29, 0.717) is 99.2 Å². The highest BCUT2D eigenvalue weighted by Gasteiger charge is 2.29. The van der Waals surface area contributed by atoms with Crippen LogP contribution in [0.4, 0.5) is 17.1 Å². The van der Waals surface area contributed by atoms with Gasteiger partial charge in [-0.15, -0.1) is 5.10 Å². The SMILES string of the molecule is CCOCCNc1ccc([N+](=O)[O-])cc1[N+](=O)[O-].COc1ccc(-c2ccc(CCC(=O)COCCn3cc(C)nn3)o2)c2[nH]cc(C(=O)C(=O)N3CCNCC3)c12. The molecule has 308 valence electrons. The third kappa shape index (κ3) is 11.1. The summed E-state index contributed by atoms with van der Waals surface area (Å²) < 4.78 is 23.8. The zero-order valence-electron chi connectivity index (χ0n) is 32.4. The topological polar surface area (TPSA) is 252 Å². The molecule has 3 N–H and O–H groups in total. The number of carbonyl (C=O) groups excluding carboxylic acids is 3. The summed E-state index contributed by atoms with van der Waals surface area (Å²) in [5.41, 5.74) is 2.05. The molecule has 0 bridgehead atoms. The number of Topliss-reactive ketones (excluding diaryl/α,β-unsaturated/α-hetero) is 2. The van der Waals surface area contributed by atoms with Crippen LogP contribution in [0, 0.1) is 27.2 Å². The molecule has 6 rings (SSSR count). The second-order valence-corrected chi connectivity index (χ2v) is 13.0. The van der Waals surface area contributed by atoms with E-state index in [0.717, 1.165) is 11.8 Å². The van der Waals surface area contributed by atoms with Crippen LogP contribution in [-0.4, -0.2) is 118 Å². The van der Waals surface area contributed by atoms with Gasteiger partial charge in [0.15, 0.2) is 5.78 Å². The van der Waals surface area contributed by atoms with Gasteiger partial charge in [-0.1, -0.05) is 5.21 Å². The van der Waals surface area contributed by atoms with Gasteiger partial charge in [0, 0.05) is 76.2 Å². The Morgan fingerprint density at radius 3 is 2.50 bits per heavy atom. The molecule has 20 heteroatoms. The molecule has 0 aliphatic carbocycles. The van der Waals surface area contributed by atoms with E-state index in [-0.39, 0.29) is 41.4 Å². The van der Waals surface area contributed by atoms with Crippen molar-refractivity contribution >= 4 is 45.4 Å². The molecular weight excluding hydrogens is 758 g/mol. The minimum atomic E-state index is -0.670. The number of anilines is 1. The first-order valence-corrected chi connectivity index (χ1v) is 18.5. The number of aromatic nitrogens is 4. The molecule has 58 heavy (non-hydrogen) atoms. The van der Waals surface area contributed by atoms with Crippen LogP contribution in [0.15, 0.2) is 59.3 Å². The molecule has 20 nitrogen and oxygen atoms in total. The average Bonchev–Trinajstić information content (AvgIpc) is 4.00. The number of fused-ring (bicyclic) bond motifs is 1. The first-order valence-electron chi connectivity index (χ1n) is 18.5. The molecule has 0 saturated carbocycles. The van der Waals surface area contributed by atoms with E-state index in [2.05, 4.69) is 25.9 Å². The van der Waals surface area contributed by atoms with Gasteiger partial charge in [-0.05, 0) is 44.2 Å². The number of ether oxygens (including phenoxy) is 3. The van der Waals surface area contributed by atoms with Crippen LogP contribution in [0.3, 0.4) is 0 Å². The Bertz CT molecular complexity index is 2220. The first kappa shape index (κ1) is 42.6. The molecule has 0 unspecified atom stereocenters. The van der Waals surface area contributed by atoms with Gasteiger partial charge in [-0.3, -0.25) is 34.6 Å². The predicted molar refractivity (Wildman–Crippen MR) is 210 cm³/mol. The van der Waals surface area contributed by atoms with Gasteiger partial charge in [0.05, 0.1) is 64.9 Å². The van der Waals surface area contributed by atoms with Crippen molar-refractivity contribution in [3.8, 4) is 17.1 Å². The highest BCUT2D eigenvalue weighted by atomic mass is 16.6. The Kier molecular flexibility index (Phi) is 15.1. The Morgan fingerprint density at radius 2 is 1.81 bits per heavy atom. The van der Waals surface area contributed by atoms with Gasteiger partial charge < -0.3 is 39.1 Å².